The maximum atomic E-state index is 13.2. The number of aryl methyl sites for hydroxylation is 1. The summed E-state index contributed by atoms with van der Waals surface area (Å²) in [4.78, 5) is 0. The van der Waals surface area contributed by atoms with Crippen LogP contribution in [-0.2, 0) is 0 Å². The molecule has 0 spiro atoms. The molecule has 0 saturated heterocycles. The molecule has 0 aliphatic heterocycles. The van der Waals surface area contributed by atoms with Crippen molar-refractivity contribution < 1.29 is 14.6 Å². The fourth-order valence-corrected chi connectivity index (χ4v) is 1.69. The van der Waals surface area contributed by atoms with Crippen LogP contribution < -0.4 is 0 Å². The number of benzene rings is 1. The van der Waals surface area contributed by atoms with Crippen molar-refractivity contribution in [1.82, 2.24) is 0 Å². The molecule has 1 aromatic carbocycles. The van der Waals surface area contributed by atoms with Crippen LogP contribution in [0.3, 0.4) is 0 Å². The molecule has 15 heavy (non-hydrogen) atoms. The summed E-state index contributed by atoms with van der Waals surface area (Å²) in [6.07, 6.45) is 0.179. The van der Waals surface area contributed by atoms with Crippen molar-refractivity contribution in [2.75, 3.05) is 0 Å². The maximum absolute atomic E-state index is 13.2. The third kappa shape index (κ3) is 2.19. The minimum Gasteiger partial charge on any atom is -0.390 e. The zero-order valence-electron chi connectivity index (χ0n) is 8.65. The predicted molar refractivity (Wildman–Crippen MR) is 54.8 cm³/mol. The molecule has 1 aromatic rings. The van der Waals surface area contributed by atoms with Crippen molar-refractivity contribution in [3.8, 4) is 0 Å². The van der Waals surface area contributed by atoms with Crippen molar-refractivity contribution in [2.24, 2.45) is 5.92 Å². The van der Waals surface area contributed by atoms with Gasteiger partial charge in [0.1, 0.15) is 11.9 Å². The fraction of sp³-hybridized carbons (Fsp3) is 0.500. The number of aliphatic hydroxyl groups excluding tert-OH is 2. The average molecular weight is 210 g/mol. The second-order valence-electron chi connectivity index (χ2n) is 4.28. The van der Waals surface area contributed by atoms with Crippen LogP contribution in [0.25, 0.3) is 0 Å². The number of hydrogen-bond acceptors (Lipinski definition) is 2. The van der Waals surface area contributed by atoms with Gasteiger partial charge < -0.3 is 10.2 Å². The Kier molecular flexibility index (Phi) is 2.76. The van der Waals surface area contributed by atoms with E-state index in [1.807, 2.05) is 0 Å². The molecule has 82 valence electrons. The zero-order chi connectivity index (χ0) is 11.0. The number of halogens is 1. The van der Waals surface area contributed by atoms with Gasteiger partial charge in [0.2, 0.25) is 0 Å². The van der Waals surface area contributed by atoms with Crippen molar-refractivity contribution in [2.45, 2.75) is 32.0 Å². The first-order valence-corrected chi connectivity index (χ1v) is 5.22. The summed E-state index contributed by atoms with van der Waals surface area (Å²) in [6, 6.07) is 4.58. The Morgan fingerprint density at radius 1 is 1.33 bits per heavy atom. The Morgan fingerprint density at radius 3 is 2.53 bits per heavy atom. The normalized spacial score (nSPS) is 20.0. The number of hydrogen-bond donors (Lipinski definition) is 2. The van der Waals surface area contributed by atoms with Crippen molar-refractivity contribution >= 4 is 0 Å². The molecule has 2 nitrogen and oxygen atoms in total. The summed E-state index contributed by atoms with van der Waals surface area (Å²) in [7, 11) is 0. The lowest BCUT2D eigenvalue weighted by atomic mass is 10.00. The van der Waals surface area contributed by atoms with Gasteiger partial charge in [-0.1, -0.05) is 12.1 Å². The van der Waals surface area contributed by atoms with Gasteiger partial charge >= 0.3 is 0 Å². The maximum Gasteiger partial charge on any atom is 0.126 e. The summed E-state index contributed by atoms with van der Waals surface area (Å²) in [6.45, 7) is 1.67. The largest absolute Gasteiger partial charge is 0.390 e. The second kappa shape index (κ2) is 3.91. The Morgan fingerprint density at radius 2 is 2.00 bits per heavy atom. The van der Waals surface area contributed by atoms with Gasteiger partial charge in [-0.3, -0.25) is 0 Å². The fourth-order valence-electron chi connectivity index (χ4n) is 1.69. The molecular weight excluding hydrogens is 195 g/mol. The number of aliphatic hydroxyl groups is 2. The van der Waals surface area contributed by atoms with Gasteiger partial charge in [0.25, 0.3) is 0 Å². The lowest BCUT2D eigenvalue weighted by Crippen LogP contribution is -2.20. The third-order valence-corrected chi connectivity index (χ3v) is 2.97. The van der Waals surface area contributed by atoms with Gasteiger partial charge in [0, 0.05) is 0 Å². The van der Waals surface area contributed by atoms with Crippen LogP contribution in [0.1, 0.15) is 30.1 Å². The smallest absolute Gasteiger partial charge is 0.126 e. The van der Waals surface area contributed by atoms with Crippen LogP contribution in [0.15, 0.2) is 18.2 Å². The Balaban J connectivity index is 2.17. The summed E-state index contributed by atoms with van der Waals surface area (Å²) in [5.74, 6) is -0.154. The van der Waals surface area contributed by atoms with Crippen LogP contribution in [-0.4, -0.2) is 16.3 Å². The molecule has 0 amide bonds. The summed E-state index contributed by atoms with van der Waals surface area (Å²) in [5, 5.41) is 19.5. The lowest BCUT2D eigenvalue weighted by Gasteiger charge is -2.17. The quantitative estimate of drug-likeness (QED) is 0.800. The first-order chi connectivity index (χ1) is 7.09. The highest BCUT2D eigenvalue weighted by molar-refractivity contribution is 5.25. The van der Waals surface area contributed by atoms with Gasteiger partial charge in [-0.05, 0) is 42.9 Å². The molecule has 2 N–H and O–H groups in total. The molecule has 3 heteroatoms. The van der Waals surface area contributed by atoms with Gasteiger partial charge in [-0.15, -0.1) is 0 Å². The van der Waals surface area contributed by atoms with Gasteiger partial charge in [-0.25, -0.2) is 4.39 Å². The van der Waals surface area contributed by atoms with E-state index in [1.54, 1.807) is 19.1 Å². The minimum atomic E-state index is -0.965. The first kappa shape index (κ1) is 10.6. The molecule has 0 radical (unpaired) electrons. The van der Waals surface area contributed by atoms with E-state index in [1.165, 1.54) is 6.07 Å². The van der Waals surface area contributed by atoms with Gasteiger partial charge in [0.05, 0.1) is 6.10 Å². The number of rotatable bonds is 3. The van der Waals surface area contributed by atoms with Crippen LogP contribution in [0, 0.1) is 18.7 Å². The summed E-state index contributed by atoms with van der Waals surface area (Å²) >= 11 is 0. The van der Waals surface area contributed by atoms with Gasteiger partial charge in [-0.2, -0.15) is 0 Å². The van der Waals surface area contributed by atoms with E-state index in [-0.39, 0.29) is 11.7 Å². The molecule has 1 aliphatic rings. The predicted octanol–water partition coefficient (Wildman–Crippen LogP) is 1.94. The molecule has 2 atom stereocenters. The summed E-state index contributed by atoms with van der Waals surface area (Å²) in [5.41, 5.74) is 1.00. The van der Waals surface area contributed by atoms with Crippen LogP contribution in [0.4, 0.5) is 4.39 Å². The van der Waals surface area contributed by atoms with Crippen molar-refractivity contribution in [1.29, 1.82) is 0 Å². The Bertz CT molecular complexity index is 361. The SMILES string of the molecule is Cc1ccc(C(O)C(O)C2CC2)cc1F. The standard InChI is InChI=1S/C12H15FO2/c1-7-2-3-9(6-10(7)13)12(15)11(14)8-4-5-8/h2-3,6,8,11-12,14-15H,4-5H2,1H3. The van der Waals surface area contributed by atoms with Crippen LogP contribution >= 0.6 is 0 Å². The average Bonchev–Trinajstić information content (AvgIpc) is 3.03. The van der Waals surface area contributed by atoms with Crippen LogP contribution in [0.2, 0.25) is 0 Å². The van der Waals surface area contributed by atoms with Crippen LogP contribution in [0.5, 0.6) is 0 Å². The van der Waals surface area contributed by atoms with Crippen molar-refractivity contribution in [3.63, 3.8) is 0 Å². The Hall–Kier alpha value is -0.930. The molecule has 0 bridgehead atoms. The molecule has 1 saturated carbocycles. The van der Waals surface area contributed by atoms with E-state index in [0.717, 1.165) is 12.8 Å². The highest BCUT2D eigenvalue weighted by Gasteiger charge is 2.35. The highest BCUT2D eigenvalue weighted by Crippen LogP contribution is 2.38. The molecule has 2 rings (SSSR count). The second-order valence-corrected chi connectivity index (χ2v) is 4.28. The summed E-state index contributed by atoms with van der Waals surface area (Å²) < 4.78 is 13.2. The van der Waals surface area contributed by atoms with E-state index in [9.17, 15) is 14.6 Å². The van der Waals surface area contributed by atoms with E-state index >= 15 is 0 Å². The topological polar surface area (TPSA) is 40.5 Å². The highest BCUT2D eigenvalue weighted by atomic mass is 19.1. The molecule has 1 fully saturated rings. The third-order valence-electron chi connectivity index (χ3n) is 2.97. The Labute approximate surface area is 88.4 Å². The minimum absolute atomic E-state index is 0.185. The van der Waals surface area contributed by atoms with E-state index in [0.29, 0.717) is 11.1 Å². The zero-order valence-corrected chi connectivity index (χ0v) is 8.65. The molecule has 0 aromatic heterocycles. The monoisotopic (exact) mass is 210 g/mol. The molecular formula is C12H15FO2. The van der Waals surface area contributed by atoms with E-state index in [4.69, 9.17) is 0 Å². The molecule has 2 unspecified atom stereocenters. The molecule has 1 aliphatic carbocycles. The van der Waals surface area contributed by atoms with Gasteiger partial charge in [0.15, 0.2) is 0 Å². The van der Waals surface area contributed by atoms with E-state index in [2.05, 4.69) is 0 Å². The lowest BCUT2D eigenvalue weighted by molar-refractivity contribution is 0.00469. The molecule has 0 heterocycles. The van der Waals surface area contributed by atoms with Crippen molar-refractivity contribution in [3.05, 3.63) is 35.1 Å². The van der Waals surface area contributed by atoms with E-state index < -0.39 is 12.2 Å². The first-order valence-electron chi connectivity index (χ1n) is 5.22.